The van der Waals surface area contributed by atoms with Gasteiger partial charge in [0, 0.05) is 0 Å². The normalized spacial score (nSPS) is 10.1. The van der Waals surface area contributed by atoms with Crippen molar-refractivity contribution in [3.05, 3.63) is 47.5 Å². The van der Waals surface area contributed by atoms with Crippen molar-refractivity contribution in [3.8, 4) is 22.6 Å². The third-order valence-electron chi connectivity index (χ3n) is 2.88. The van der Waals surface area contributed by atoms with Gasteiger partial charge in [-0.05, 0) is 60.4 Å². The van der Waals surface area contributed by atoms with Gasteiger partial charge < -0.3 is 9.84 Å². The van der Waals surface area contributed by atoms with Crippen LogP contribution in [-0.2, 0) is 4.79 Å². The highest BCUT2D eigenvalue weighted by molar-refractivity contribution is 5.68. The van der Waals surface area contributed by atoms with E-state index < -0.39 is 0 Å². The molecule has 2 aromatic rings. The lowest BCUT2D eigenvalue weighted by Gasteiger charge is -2.08. The van der Waals surface area contributed by atoms with Gasteiger partial charge >= 0.3 is 0 Å². The van der Waals surface area contributed by atoms with Gasteiger partial charge in [-0.1, -0.05) is 12.1 Å². The molecule has 0 fully saturated rings. The molecule has 0 bridgehead atoms. The summed E-state index contributed by atoms with van der Waals surface area (Å²) >= 11 is 0. The number of phenolic OH excluding ortho intramolecular Hbond substituents is 1. The van der Waals surface area contributed by atoms with Crippen molar-refractivity contribution in [2.24, 2.45) is 0 Å². The fourth-order valence-electron chi connectivity index (χ4n) is 1.85. The van der Waals surface area contributed by atoms with Crippen LogP contribution in [0.2, 0.25) is 0 Å². The standard InChI is InChI=1S/C15H14O3/c1-10-7-12(3-5-14(10)17)13-4-6-15(18-9-16)11(2)8-13/h3-9,17H,1-2H3. The molecule has 0 saturated heterocycles. The lowest BCUT2D eigenvalue weighted by Crippen LogP contribution is -1.91. The second-order valence-electron chi connectivity index (χ2n) is 4.20. The van der Waals surface area contributed by atoms with E-state index in [1.54, 1.807) is 12.1 Å². The zero-order valence-electron chi connectivity index (χ0n) is 10.3. The predicted octanol–water partition coefficient (Wildman–Crippen LogP) is 3.21. The first-order chi connectivity index (χ1) is 8.61. The molecule has 0 saturated carbocycles. The Labute approximate surface area is 106 Å². The van der Waals surface area contributed by atoms with E-state index in [1.807, 2.05) is 38.1 Å². The highest BCUT2D eigenvalue weighted by atomic mass is 16.5. The number of aromatic hydroxyl groups is 1. The largest absolute Gasteiger partial charge is 0.508 e. The molecule has 0 aliphatic rings. The molecule has 3 heteroatoms. The van der Waals surface area contributed by atoms with E-state index in [2.05, 4.69) is 0 Å². The zero-order valence-corrected chi connectivity index (χ0v) is 10.3. The number of carbonyl (C=O) groups is 1. The third kappa shape index (κ3) is 2.35. The Hall–Kier alpha value is -2.29. The molecule has 1 N–H and O–H groups in total. The number of ether oxygens (including phenoxy) is 1. The van der Waals surface area contributed by atoms with E-state index in [-0.39, 0.29) is 5.75 Å². The molecule has 0 unspecified atom stereocenters. The van der Waals surface area contributed by atoms with Gasteiger partial charge in [0.2, 0.25) is 0 Å². The SMILES string of the molecule is Cc1cc(-c2ccc(OC=O)c(C)c2)ccc1O. The molecule has 3 nitrogen and oxygen atoms in total. The van der Waals surface area contributed by atoms with Gasteiger partial charge in [-0.25, -0.2) is 0 Å². The molecule has 92 valence electrons. The Bertz CT molecular complexity index is 588. The molecular weight excluding hydrogens is 228 g/mol. The lowest BCUT2D eigenvalue weighted by molar-refractivity contribution is -0.120. The number of rotatable bonds is 3. The summed E-state index contributed by atoms with van der Waals surface area (Å²) in [5.41, 5.74) is 3.77. The number of hydrogen-bond donors (Lipinski definition) is 1. The quantitative estimate of drug-likeness (QED) is 0.841. The molecule has 0 spiro atoms. The van der Waals surface area contributed by atoms with Gasteiger partial charge in [0.05, 0.1) is 0 Å². The average Bonchev–Trinajstić information content (AvgIpc) is 2.35. The molecular formula is C15H14O3. The minimum atomic E-state index is 0.288. The van der Waals surface area contributed by atoms with Crippen LogP contribution in [0, 0.1) is 13.8 Å². The van der Waals surface area contributed by atoms with Crippen molar-refractivity contribution < 1.29 is 14.6 Å². The lowest BCUT2D eigenvalue weighted by atomic mass is 10.0. The van der Waals surface area contributed by atoms with Gasteiger partial charge in [-0.3, -0.25) is 4.79 Å². The summed E-state index contributed by atoms with van der Waals surface area (Å²) in [5, 5.41) is 9.50. The first kappa shape index (κ1) is 12.2. The Morgan fingerprint density at radius 1 is 1.00 bits per heavy atom. The molecule has 0 aliphatic carbocycles. The number of benzene rings is 2. The minimum Gasteiger partial charge on any atom is -0.508 e. The molecule has 0 radical (unpaired) electrons. The van der Waals surface area contributed by atoms with E-state index in [4.69, 9.17) is 4.74 Å². The van der Waals surface area contributed by atoms with Crippen molar-refractivity contribution in [1.82, 2.24) is 0 Å². The van der Waals surface area contributed by atoms with Crippen LogP contribution in [0.5, 0.6) is 11.5 Å². The molecule has 0 aliphatic heterocycles. The second-order valence-corrected chi connectivity index (χ2v) is 4.20. The van der Waals surface area contributed by atoms with E-state index in [0.717, 1.165) is 22.3 Å². The number of phenols is 1. The Kier molecular flexibility index (Phi) is 3.33. The van der Waals surface area contributed by atoms with Crippen LogP contribution in [0.1, 0.15) is 11.1 Å². The van der Waals surface area contributed by atoms with E-state index >= 15 is 0 Å². The maximum Gasteiger partial charge on any atom is 0.298 e. The van der Waals surface area contributed by atoms with Gasteiger partial charge in [-0.15, -0.1) is 0 Å². The van der Waals surface area contributed by atoms with Crippen molar-refractivity contribution >= 4 is 6.47 Å². The molecule has 0 amide bonds. The summed E-state index contributed by atoms with van der Waals surface area (Å²) < 4.78 is 4.85. The van der Waals surface area contributed by atoms with Crippen molar-refractivity contribution in [3.63, 3.8) is 0 Å². The smallest absolute Gasteiger partial charge is 0.298 e. The van der Waals surface area contributed by atoms with Gasteiger partial charge in [0.15, 0.2) is 0 Å². The fourth-order valence-corrected chi connectivity index (χ4v) is 1.85. The van der Waals surface area contributed by atoms with Crippen LogP contribution < -0.4 is 4.74 Å². The Balaban J connectivity index is 2.42. The monoisotopic (exact) mass is 242 g/mol. The summed E-state index contributed by atoms with van der Waals surface area (Å²) in [7, 11) is 0. The summed E-state index contributed by atoms with van der Waals surface area (Å²) in [6.07, 6.45) is 0. The first-order valence-electron chi connectivity index (χ1n) is 5.63. The fraction of sp³-hybridized carbons (Fsp3) is 0.133. The molecule has 0 aromatic heterocycles. The highest BCUT2D eigenvalue weighted by Gasteiger charge is 2.04. The average molecular weight is 242 g/mol. The summed E-state index contributed by atoms with van der Waals surface area (Å²) in [4.78, 5) is 10.3. The summed E-state index contributed by atoms with van der Waals surface area (Å²) in [5.74, 6) is 0.848. The van der Waals surface area contributed by atoms with Crippen LogP contribution in [0.3, 0.4) is 0 Å². The van der Waals surface area contributed by atoms with Crippen LogP contribution in [0.15, 0.2) is 36.4 Å². The maximum atomic E-state index is 10.3. The summed E-state index contributed by atoms with van der Waals surface area (Å²) in [6, 6.07) is 11.1. The molecule has 0 atom stereocenters. The van der Waals surface area contributed by atoms with E-state index in [9.17, 15) is 9.90 Å². The topological polar surface area (TPSA) is 46.5 Å². The van der Waals surface area contributed by atoms with Crippen LogP contribution >= 0.6 is 0 Å². The predicted molar refractivity (Wildman–Crippen MR) is 69.7 cm³/mol. The Morgan fingerprint density at radius 3 is 2.17 bits per heavy atom. The second kappa shape index (κ2) is 4.92. The molecule has 2 rings (SSSR count). The molecule has 18 heavy (non-hydrogen) atoms. The number of carbonyl (C=O) groups excluding carboxylic acids is 1. The highest BCUT2D eigenvalue weighted by Crippen LogP contribution is 2.28. The first-order valence-corrected chi connectivity index (χ1v) is 5.63. The van der Waals surface area contributed by atoms with Crippen molar-refractivity contribution in [2.45, 2.75) is 13.8 Å². The zero-order chi connectivity index (χ0) is 13.1. The summed E-state index contributed by atoms with van der Waals surface area (Å²) in [6.45, 7) is 4.16. The van der Waals surface area contributed by atoms with E-state index in [1.165, 1.54) is 0 Å². The van der Waals surface area contributed by atoms with Gasteiger partial charge in [0.25, 0.3) is 6.47 Å². The van der Waals surface area contributed by atoms with Crippen molar-refractivity contribution in [1.29, 1.82) is 0 Å². The number of aryl methyl sites for hydroxylation is 2. The molecule has 2 aromatic carbocycles. The molecule has 0 heterocycles. The van der Waals surface area contributed by atoms with Crippen LogP contribution in [-0.4, -0.2) is 11.6 Å². The maximum absolute atomic E-state index is 10.3. The number of hydrogen-bond acceptors (Lipinski definition) is 3. The Morgan fingerprint density at radius 2 is 1.61 bits per heavy atom. The van der Waals surface area contributed by atoms with Crippen molar-refractivity contribution in [2.75, 3.05) is 0 Å². The van der Waals surface area contributed by atoms with E-state index in [0.29, 0.717) is 12.2 Å². The third-order valence-corrected chi connectivity index (χ3v) is 2.88. The van der Waals surface area contributed by atoms with Gasteiger partial charge in [0.1, 0.15) is 11.5 Å². The minimum absolute atomic E-state index is 0.288. The van der Waals surface area contributed by atoms with Crippen LogP contribution in [0.25, 0.3) is 11.1 Å². The van der Waals surface area contributed by atoms with Gasteiger partial charge in [-0.2, -0.15) is 0 Å². The van der Waals surface area contributed by atoms with Crippen LogP contribution in [0.4, 0.5) is 0 Å².